The summed E-state index contributed by atoms with van der Waals surface area (Å²) in [6.07, 6.45) is 1.98. The van der Waals surface area contributed by atoms with E-state index in [-0.39, 0.29) is 11.5 Å². The number of nitrogens with zero attached hydrogens (tertiary/aromatic N) is 4. The number of rotatable bonds is 10. The van der Waals surface area contributed by atoms with E-state index in [1.807, 2.05) is 45.4 Å². The van der Waals surface area contributed by atoms with Crippen molar-refractivity contribution < 1.29 is 4.79 Å². The SMILES string of the molecule is CN(C)CCN(C)c1ccc(C(=N)c2c(N)ncnc2Nc2ccc(NC=O)cc2)cc1. The van der Waals surface area contributed by atoms with Crippen molar-refractivity contribution in [1.29, 1.82) is 5.41 Å². The Morgan fingerprint density at radius 1 is 1.00 bits per heavy atom. The quantitative estimate of drug-likeness (QED) is 0.287. The summed E-state index contributed by atoms with van der Waals surface area (Å²) in [5.41, 5.74) is 9.99. The van der Waals surface area contributed by atoms with Crippen LogP contribution in [0, 0.1) is 5.41 Å². The highest BCUT2D eigenvalue weighted by molar-refractivity contribution is 6.16. The number of nitrogens with one attached hydrogen (secondary N) is 3. The Labute approximate surface area is 187 Å². The number of likely N-dealkylation sites (N-methyl/N-ethyl adjacent to an activating group) is 2. The van der Waals surface area contributed by atoms with Gasteiger partial charge in [0.25, 0.3) is 0 Å². The van der Waals surface area contributed by atoms with Crippen LogP contribution in [0.2, 0.25) is 0 Å². The maximum atomic E-state index is 10.6. The lowest BCUT2D eigenvalue weighted by molar-refractivity contribution is -0.105. The molecule has 32 heavy (non-hydrogen) atoms. The fourth-order valence-electron chi connectivity index (χ4n) is 3.10. The van der Waals surface area contributed by atoms with Gasteiger partial charge in [0, 0.05) is 42.8 Å². The van der Waals surface area contributed by atoms with Crippen molar-refractivity contribution >= 4 is 40.8 Å². The van der Waals surface area contributed by atoms with Crippen LogP contribution in [0.1, 0.15) is 11.1 Å². The number of hydrogen-bond donors (Lipinski definition) is 4. The van der Waals surface area contributed by atoms with Crippen molar-refractivity contribution in [1.82, 2.24) is 14.9 Å². The second-order valence-electron chi connectivity index (χ2n) is 7.59. The lowest BCUT2D eigenvalue weighted by atomic mass is 10.0. The lowest BCUT2D eigenvalue weighted by Crippen LogP contribution is -2.28. The summed E-state index contributed by atoms with van der Waals surface area (Å²) in [6.45, 7) is 1.85. The van der Waals surface area contributed by atoms with Crippen LogP contribution in [0.15, 0.2) is 54.9 Å². The molecule has 9 nitrogen and oxygen atoms in total. The molecule has 3 rings (SSSR count). The molecule has 1 amide bonds. The predicted molar refractivity (Wildman–Crippen MR) is 130 cm³/mol. The molecule has 0 atom stereocenters. The Hall–Kier alpha value is -3.98. The standard InChI is InChI=1S/C23H28N8O/c1-30(2)12-13-31(3)19-10-4-16(5-11-19)21(24)20-22(25)26-14-27-23(20)29-18-8-6-17(7-9-18)28-15-32/h4-11,14-15,24H,12-13H2,1-3H3,(H,28,32)(H3,25,26,27,29). The van der Waals surface area contributed by atoms with E-state index in [1.54, 1.807) is 24.3 Å². The van der Waals surface area contributed by atoms with Gasteiger partial charge >= 0.3 is 0 Å². The Morgan fingerprint density at radius 3 is 2.28 bits per heavy atom. The first-order chi connectivity index (χ1) is 15.4. The molecule has 5 N–H and O–H groups in total. The summed E-state index contributed by atoms with van der Waals surface area (Å²) in [4.78, 5) is 23.3. The van der Waals surface area contributed by atoms with E-state index in [4.69, 9.17) is 11.1 Å². The number of nitrogen functional groups attached to an aromatic ring is 1. The van der Waals surface area contributed by atoms with Gasteiger partial charge in [-0.25, -0.2) is 9.97 Å². The number of aromatic nitrogens is 2. The largest absolute Gasteiger partial charge is 0.383 e. The minimum absolute atomic E-state index is 0.221. The molecule has 0 unspecified atom stereocenters. The van der Waals surface area contributed by atoms with E-state index >= 15 is 0 Å². The minimum Gasteiger partial charge on any atom is -0.383 e. The Morgan fingerprint density at radius 2 is 1.66 bits per heavy atom. The molecule has 2 aromatic carbocycles. The summed E-state index contributed by atoms with van der Waals surface area (Å²) in [5, 5.41) is 14.5. The number of hydrogen-bond acceptors (Lipinski definition) is 8. The molecule has 0 saturated carbocycles. The lowest BCUT2D eigenvalue weighted by Gasteiger charge is -2.22. The summed E-state index contributed by atoms with van der Waals surface area (Å²) < 4.78 is 0. The molecule has 0 saturated heterocycles. The maximum Gasteiger partial charge on any atom is 0.211 e. The van der Waals surface area contributed by atoms with Crippen molar-refractivity contribution in [2.45, 2.75) is 0 Å². The molecular weight excluding hydrogens is 404 g/mol. The zero-order valence-corrected chi connectivity index (χ0v) is 18.5. The van der Waals surface area contributed by atoms with Crippen molar-refractivity contribution in [3.05, 3.63) is 66.0 Å². The van der Waals surface area contributed by atoms with Crippen LogP contribution in [-0.4, -0.2) is 61.2 Å². The third-order valence-electron chi connectivity index (χ3n) is 4.98. The van der Waals surface area contributed by atoms with Crippen LogP contribution in [0.4, 0.5) is 28.7 Å². The van der Waals surface area contributed by atoms with Gasteiger partial charge in [0.15, 0.2) is 0 Å². The first-order valence-corrected chi connectivity index (χ1v) is 10.1. The molecule has 3 aromatic rings. The topological polar surface area (TPSA) is 123 Å². The van der Waals surface area contributed by atoms with Gasteiger partial charge in [-0.3, -0.25) is 10.2 Å². The number of carbonyl (C=O) groups excluding carboxylic acids is 1. The van der Waals surface area contributed by atoms with Crippen molar-refractivity contribution in [3.63, 3.8) is 0 Å². The third-order valence-corrected chi connectivity index (χ3v) is 4.98. The monoisotopic (exact) mass is 432 g/mol. The number of benzene rings is 2. The van der Waals surface area contributed by atoms with Crippen LogP contribution < -0.4 is 21.3 Å². The predicted octanol–water partition coefficient (Wildman–Crippen LogP) is 2.78. The van der Waals surface area contributed by atoms with Gasteiger partial charge in [-0.2, -0.15) is 0 Å². The summed E-state index contributed by atoms with van der Waals surface area (Å²) in [7, 11) is 6.14. The van der Waals surface area contributed by atoms with Crippen LogP contribution in [0.3, 0.4) is 0 Å². The number of anilines is 5. The molecule has 0 radical (unpaired) electrons. The van der Waals surface area contributed by atoms with E-state index < -0.39 is 0 Å². The molecule has 1 aromatic heterocycles. The fourth-order valence-corrected chi connectivity index (χ4v) is 3.10. The van der Waals surface area contributed by atoms with Gasteiger partial charge in [0.05, 0.1) is 11.3 Å². The average Bonchev–Trinajstić information content (AvgIpc) is 2.79. The van der Waals surface area contributed by atoms with Gasteiger partial charge in [-0.1, -0.05) is 12.1 Å². The van der Waals surface area contributed by atoms with Crippen molar-refractivity contribution in [2.75, 3.05) is 55.5 Å². The van der Waals surface area contributed by atoms with E-state index in [1.165, 1.54) is 6.33 Å². The molecule has 0 fully saturated rings. The zero-order chi connectivity index (χ0) is 23.1. The normalized spacial score (nSPS) is 10.6. The smallest absolute Gasteiger partial charge is 0.211 e. The van der Waals surface area contributed by atoms with E-state index in [0.29, 0.717) is 29.0 Å². The van der Waals surface area contributed by atoms with Crippen LogP contribution in [0.25, 0.3) is 0 Å². The molecule has 1 heterocycles. The Bertz CT molecular complexity index is 1060. The first kappa shape index (κ1) is 22.7. The molecule has 0 spiro atoms. The summed E-state index contributed by atoms with van der Waals surface area (Å²) in [5.74, 6) is 0.657. The zero-order valence-electron chi connectivity index (χ0n) is 18.5. The Balaban J connectivity index is 1.81. The summed E-state index contributed by atoms with van der Waals surface area (Å²) in [6, 6.07) is 14.9. The highest BCUT2D eigenvalue weighted by Gasteiger charge is 2.17. The van der Waals surface area contributed by atoms with Gasteiger partial charge in [-0.05, 0) is 50.5 Å². The molecule has 0 aliphatic heterocycles. The first-order valence-electron chi connectivity index (χ1n) is 10.1. The highest BCUT2D eigenvalue weighted by atomic mass is 16.1. The average molecular weight is 433 g/mol. The van der Waals surface area contributed by atoms with Gasteiger partial charge < -0.3 is 26.2 Å². The van der Waals surface area contributed by atoms with E-state index in [2.05, 4.69) is 30.4 Å². The van der Waals surface area contributed by atoms with Crippen LogP contribution in [0.5, 0.6) is 0 Å². The van der Waals surface area contributed by atoms with Crippen molar-refractivity contribution in [2.24, 2.45) is 0 Å². The molecule has 166 valence electrons. The van der Waals surface area contributed by atoms with Crippen LogP contribution in [-0.2, 0) is 4.79 Å². The summed E-state index contributed by atoms with van der Waals surface area (Å²) >= 11 is 0. The minimum atomic E-state index is 0.221. The van der Waals surface area contributed by atoms with E-state index in [0.717, 1.165) is 24.5 Å². The molecular formula is C23H28N8O. The van der Waals surface area contributed by atoms with Gasteiger partial charge in [-0.15, -0.1) is 0 Å². The maximum absolute atomic E-state index is 10.6. The highest BCUT2D eigenvalue weighted by Crippen LogP contribution is 2.26. The molecule has 0 aliphatic rings. The molecule has 0 bridgehead atoms. The number of nitrogens with two attached hydrogens (primary N) is 1. The number of carbonyl (C=O) groups is 1. The second kappa shape index (κ2) is 10.4. The number of amides is 1. The van der Waals surface area contributed by atoms with Gasteiger partial charge in [0.2, 0.25) is 6.41 Å². The van der Waals surface area contributed by atoms with E-state index in [9.17, 15) is 4.79 Å². The van der Waals surface area contributed by atoms with Crippen molar-refractivity contribution in [3.8, 4) is 0 Å². The van der Waals surface area contributed by atoms with Crippen LogP contribution >= 0.6 is 0 Å². The molecule has 0 aliphatic carbocycles. The molecule has 9 heteroatoms. The third kappa shape index (κ3) is 5.58. The van der Waals surface area contributed by atoms with Gasteiger partial charge in [0.1, 0.15) is 18.0 Å². The fraction of sp³-hybridized carbons (Fsp3) is 0.217. The Kier molecular flexibility index (Phi) is 7.35. The second-order valence-corrected chi connectivity index (χ2v) is 7.59.